The zero-order chi connectivity index (χ0) is 13.9. The molecule has 8 nitrogen and oxygen atoms in total. The third-order valence-corrected chi connectivity index (χ3v) is 2.17. The van der Waals surface area contributed by atoms with E-state index in [9.17, 15) is 14.5 Å². The lowest BCUT2D eigenvalue weighted by Gasteiger charge is -2.06. The first-order chi connectivity index (χ1) is 8.38. The predicted molar refractivity (Wildman–Crippen MR) is 59.6 cm³/mol. The monoisotopic (exact) mass is 255 g/mol. The molecule has 0 unspecified atom stereocenters. The molecule has 0 atom stereocenters. The molecule has 8 heteroatoms. The van der Waals surface area contributed by atoms with Crippen LogP contribution in [0, 0.1) is 4.91 Å². The van der Waals surface area contributed by atoms with Gasteiger partial charge in [0.1, 0.15) is 5.69 Å². The maximum absolute atomic E-state index is 10.9. The van der Waals surface area contributed by atoms with Gasteiger partial charge in [-0.15, -0.1) is 0 Å². The molecule has 0 saturated heterocycles. The van der Waals surface area contributed by atoms with E-state index in [0.29, 0.717) is 6.54 Å². The number of rotatable bonds is 5. The number of aromatic carboxylic acids is 2. The van der Waals surface area contributed by atoms with Crippen molar-refractivity contribution < 1.29 is 29.9 Å². The van der Waals surface area contributed by atoms with Gasteiger partial charge in [-0.25, -0.2) is 14.8 Å². The summed E-state index contributed by atoms with van der Waals surface area (Å²) in [7, 11) is 0. The molecule has 0 heterocycles. The lowest BCUT2D eigenvalue weighted by Crippen LogP contribution is -2.11. The molecule has 0 radical (unpaired) electrons. The second-order valence-electron chi connectivity index (χ2n) is 3.33. The van der Waals surface area contributed by atoms with Crippen molar-refractivity contribution in [1.29, 1.82) is 0 Å². The maximum atomic E-state index is 10.9. The molecule has 0 saturated carbocycles. The molecular formula is C10H11N2O6+. The fourth-order valence-corrected chi connectivity index (χ4v) is 1.43. The number of carbonyl (C=O) groups is 2. The van der Waals surface area contributed by atoms with E-state index in [1.165, 1.54) is 0 Å². The molecule has 1 aromatic carbocycles. The number of carboxylic acids is 2. The quantitative estimate of drug-likeness (QED) is 0.584. The van der Waals surface area contributed by atoms with E-state index in [-0.39, 0.29) is 11.4 Å². The van der Waals surface area contributed by atoms with Crippen molar-refractivity contribution in [2.75, 3.05) is 11.9 Å². The van der Waals surface area contributed by atoms with E-state index < -0.39 is 28.0 Å². The van der Waals surface area contributed by atoms with Crippen LogP contribution in [-0.2, 0) is 0 Å². The Morgan fingerprint density at radius 3 is 2.11 bits per heavy atom. The fraction of sp³-hybridized carbons (Fsp3) is 0.200. The molecule has 1 rings (SSSR count). The number of hydrogen-bond donors (Lipinski definition) is 4. The molecule has 0 spiro atoms. The average Bonchev–Trinajstić information content (AvgIpc) is 2.28. The highest BCUT2D eigenvalue weighted by atomic mass is 16.6. The van der Waals surface area contributed by atoms with Gasteiger partial charge in [-0.1, -0.05) is 0 Å². The van der Waals surface area contributed by atoms with Gasteiger partial charge < -0.3 is 15.5 Å². The van der Waals surface area contributed by atoms with Gasteiger partial charge in [0.2, 0.25) is 0 Å². The van der Waals surface area contributed by atoms with Crippen LogP contribution in [0.2, 0.25) is 0 Å². The van der Waals surface area contributed by atoms with Crippen LogP contribution in [0.15, 0.2) is 12.1 Å². The minimum Gasteiger partial charge on any atom is -0.478 e. The van der Waals surface area contributed by atoms with Crippen LogP contribution < -0.4 is 5.32 Å². The zero-order valence-electron chi connectivity index (χ0n) is 9.38. The van der Waals surface area contributed by atoms with Crippen molar-refractivity contribution >= 4 is 23.3 Å². The van der Waals surface area contributed by atoms with Crippen molar-refractivity contribution in [3.63, 3.8) is 0 Å². The van der Waals surface area contributed by atoms with Gasteiger partial charge in [0.15, 0.2) is 0 Å². The fourth-order valence-electron chi connectivity index (χ4n) is 1.43. The minimum absolute atomic E-state index is 0.0393. The molecular weight excluding hydrogens is 244 g/mol. The summed E-state index contributed by atoms with van der Waals surface area (Å²) in [5, 5.41) is 29.3. The van der Waals surface area contributed by atoms with Gasteiger partial charge in [-0.3, -0.25) is 0 Å². The van der Waals surface area contributed by atoms with Gasteiger partial charge in [-0.2, -0.15) is 0 Å². The molecule has 0 fully saturated rings. The van der Waals surface area contributed by atoms with E-state index in [2.05, 4.69) is 5.32 Å². The first-order valence-corrected chi connectivity index (χ1v) is 4.93. The third kappa shape index (κ3) is 2.54. The Bertz CT molecular complexity index is 525. The van der Waals surface area contributed by atoms with Gasteiger partial charge in [-0.05, 0) is 13.0 Å². The molecule has 0 aliphatic heterocycles. The summed E-state index contributed by atoms with van der Waals surface area (Å²) in [5.74, 6) is -2.94. The Hall–Kier alpha value is -2.64. The summed E-state index contributed by atoms with van der Waals surface area (Å²) in [5.41, 5.74) is -1.37. The summed E-state index contributed by atoms with van der Waals surface area (Å²) in [6, 6.07) is 1.79. The van der Waals surface area contributed by atoms with Gasteiger partial charge >= 0.3 is 17.6 Å². The second-order valence-corrected chi connectivity index (χ2v) is 3.33. The molecule has 0 aliphatic rings. The van der Waals surface area contributed by atoms with Crippen LogP contribution in [0.25, 0.3) is 0 Å². The third-order valence-electron chi connectivity index (χ3n) is 2.17. The van der Waals surface area contributed by atoms with Crippen molar-refractivity contribution in [2.45, 2.75) is 6.92 Å². The number of nitrogens with zero attached hydrogens (tertiary/aromatic N) is 1. The summed E-state index contributed by atoms with van der Waals surface area (Å²) in [6.07, 6.45) is 0. The van der Waals surface area contributed by atoms with E-state index in [0.717, 1.165) is 12.1 Å². The SMILES string of the molecule is CCNc1cc(C(=O)O)c(C(=O)O)cc1[N+](=O)O. The summed E-state index contributed by atoms with van der Waals surface area (Å²) < 4.78 is 0. The zero-order valence-corrected chi connectivity index (χ0v) is 9.38. The van der Waals surface area contributed by atoms with Gasteiger partial charge in [0, 0.05) is 12.6 Å². The molecule has 1 aromatic rings. The summed E-state index contributed by atoms with van der Waals surface area (Å²) >= 11 is 0. The van der Waals surface area contributed by atoms with Crippen LogP contribution in [0.5, 0.6) is 0 Å². The van der Waals surface area contributed by atoms with Crippen molar-refractivity contribution in [3.8, 4) is 0 Å². The van der Waals surface area contributed by atoms with Crippen LogP contribution in [0.1, 0.15) is 27.6 Å². The highest BCUT2D eigenvalue weighted by Crippen LogP contribution is 2.28. The number of carboxylic acid groups (broad SMARTS) is 2. The van der Waals surface area contributed by atoms with Crippen LogP contribution >= 0.6 is 0 Å². The number of benzene rings is 1. The first-order valence-electron chi connectivity index (χ1n) is 4.93. The highest BCUT2D eigenvalue weighted by molar-refractivity contribution is 6.03. The average molecular weight is 255 g/mol. The predicted octanol–water partition coefficient (Wildman–Crippen LogP) is 1.31. The second kappa shape index (κ2) is 5.13. The van der Waals surface area contributed by atoms with Gasteiger partial charge in [0.25, 0.3) is 4.92 Å². The van der Waals surface area contributed by atoms with E-state index in [1.807, 2.05) is 0 Å². The van der Waals surface area contributed by atoms with Crippen LogP contribution in [0.3, 0.4) is 0 Å². The number of nitrogens with one attached hydrogen (secondary N) is 1. The van der Waals surface area contributed by atoms with Crippen molar-refractivity contribution in [1.82, 2.24) is 0 Å². The molecule has 0 aromatic heterocycles. The topological polar surface area (TPSA) is 127 Å². The minimum atomic E-state index is -1.50. The Balaban J connectivity index is 3.54. The molecule has 18 heavy (non-hydrogen) atoms. The highest BCUT2D eigenvalue weighted by Gasteiger charge is 2.26. The Morgan fingerprint density at radius 2 is 1.72 bits per heavy atom. The molecule has 96 valence electrons. The van der Waals surface area contributed by atoms with E-state index in [1.54, 1.807) is 6.92 Å². The Kier molecular flexibility index (Phi) is 3.82. The first kappa shape index (κ1) is 13.4. The molecule has 0 bridgehead atoms. The van der Waals surface area contributed by atoms with Crippen molar-refractivity contribution in [3.05, 3.63) is 28.2 Å². The lowest BCUT2D eigenvalue weighted by molar-refractivity contribution is -0.729. The summed E-state index contributed by atoms with van der Waals surface area (Å²) in [4.78, 5) is 32.2. The van der Waals surface area contributed by atoms with Crippen molar-refractivity contribution in [2.24, 2.45) is 0 Å². The van der Waals surface area contributed by atoms with Gasteiger partial charge in [0.05, 0.1) is 16.0 Å². The van der Waals surface area contributed by atoms with E-state index in [4.69, 9.17) is 15.4 Å². The van der Waals surface area contributed by atoms with Crippen LogP contribution in [0.4, 0.5) is 11.4 Å². The number of hydrogen-bond acceptors (Lipinski definition) is 4. The molecule has 0 amide bonds. The standard InChI is InChI=1S/C10H10N2O6/c1-2-11-7-3-5(9(13)14)6(10(15)16)4-8(7)12(17)18/h3-4,11H,2H2,1H3,(H2-,13,14,15,16,17,18)/p+1. The molecule has 4 N–H and O–H groups in total. The Labute approximate surface area is 101 Å². The maximum Gasteiger partial charge on any atom is 0.340 e. The summed E-state index contributed by atoms with van der Waals surface area (Å²) in [6.45, 7) is 2.06. The van der Waals surface area contributed by atoms with Crippen LogP contribution in [-0.4, -0.2) is 38.8 Å². The smallest absolute Gasteiger partial charge is 0.340 e. The molecule has 0 aliphatic carbocycles. The normalized spacial score (nSPS) is 9.83. The lowest BCUT2D eigenvalue weighted by atomic mass is 10.0. The number of anilines is 1. The Morgan fingerprint density at radius 1 is 1.22 bits per heavy atom. The largest absolute Gasteiger partial charge is 0.478 e. The van der Waals surface area contributed by atoms with E-state index >= 15 is 0 Å².